The predicted molar refractivity (Wildman–Crippen MR) is 163 cm³/mol. The number of carbonyl (C=O) groups excluding carboxylic acids is 4. The highest BCUT2D eigenvalue weighted by atomic mass is 16.2. The summed E-state index contributed by atoms with van der Waals surface area (Å²) in [6.07, 6.45) is 4.39. The van der Waals surface area contributed by atoms with Crippen LogP contribution in [0.1, 0.15) is 43.2 Å². The summed E-state index contributed by atoms with van der Waals surface area (Å²) in [7, 11) is 0. The van der Waals surface area contributed by atoms with E-state index in [4.69, 9.17) is 0 Å². The molecule has 0 spiro atoms. The van der Waals surface area contributed by atoms with Gasteiger partial charge in [-0.3, -0.25) is 24.4 Å². The number of anilines is 2. The van der Waals surface area contributed by atoms with E-state index in [9.17, 15) is 19.2 Å². The highest BCUT2D eigenvalue weighted by Crippen LogP contribution is 2.27. The first kappa shape index (κ1) is 28.3. The van der Waals surface area contributed by atoms with Gasteiger partial charge < -0.3 is 15.4 Å². The summed E-state index contributed by atoms with van der Waals surface area (Å²) in [4.78, 5) is 60.0. The number of ketones is 2. The molecule has 1 unspecified atom stereocenters. The van der Waals surface area contributed by atoms with Crippen LogP contribution in [0.25, 0.3) is 21.8 Å². The van der Waals surface area contributed by atoms with Crippen molar-refractivity contribution in [1.82, 2.24) is 9.97 Å². The fourth-order valence-electron chi connectivity index (χ4n) is 4.97. The largest absolute Gasteiger partial charge is 0.326 e. The van der Waals surface area contributed by atoms with Crippen LogP contribution in [0, 0.1) is 0 Å². The van der Waals surface area contributed by atoms with Gasteiger partial charge in [0.25, 0.3) is 0 Å². The Morgan fingerprint density at radius 3 is 2.07 bits per heavy atom. The normalized spacial score (nSPS) is 11.6. The smallest absolute Gasteiger partial charge is 0.239 e. The number of nitrogens with one attached hydrogen (secondary N) is 2. The van der Waals surface area contributed by atoms with E-state index in [2.05, 4.69) is 20.6 Å². The lowest BCUT2D eigenvalue weighted by Gasteiger charge is -2.18. The summed E-state index contributed by atoms with van der Waals surface area (Å²) < 4.78 is 0. The number of pyridine rings is 2. The first-order valence-electron chi connectivity index (χ1n) is 13.8. The third-order valence-corrected chi connectivity index (χ3v) is 7.02. The average Bonchev–Trinajstić information content (AvgIpc) is 2.98. The van der Waals surface area contributed by atoms with Gasteiger partial charge in [-0.15, -0.1) is 0 Å². The Morgan fingerprint density at radius 1 is 0.714 bits per heavy atom. The zero-order valence-corrected chi connectivity index (χ0v) is 23.2. The van der Waals surface area contributed by atoms with Crippen molar-refractivity contribution in [3.05, 3.63) is 108 Å². The van der Waals surface area contributed by atoms with E-state index < -0.39 is 11.8 Å². The Labute approximate surface area is 243 Å². The molecule has 5 rings (SSSR count). The average molecular weight is 559 g/mol. The van der Waals surface area contributed by atoms with Crippen molar-refractivity contribution in [2.45, 2.75) is 38.5 Å². The molecule has 8 heteroatoms. The van der Waals surface area contributed by atoms with Crippen LogP contribution in [-0.4, -0.2) is 33.3 Å². The molecule has 0 aliphatic rings. The van der Waals surface area contributed by atoms with Gasteiger partial charge in [0.15, 0.2) is 5.78 Å². The van der Waals surface area contributed by atoms with Gasteiger partial charge in [-0.05, 0) is 54.8 Å². The van der Waals surface area contributed by atoms with Crippen molar-refractivity contribution >= 4 is 56.6 Å². The van der Waals surface area contributed by atoms with Crippen LogP contribution >= 0.6 is 0 Å². The van der Waals surface area contributed by atoms with Crippen molar-refractivity contribution in [3.8, 4) is 0 Å². The Hall–Kier alpha value is -5.24. The summed E-state index contributed by atoms with van der Waals surface area (Å²) in [5.41, 5.74) is 3.62. The molecule has 5 aromatic rings. The number of fused-ring (bicyclic) bond motifs is 2. The first-order chi connectivity index (χ1) is 20.4. The van der Waals surface area contributed by atoms with E-state index in [1.54, 1.807) is 42.7 Å². The predicted octanol–water partition coefficient (Wildman–Crippen LogP) is 6.01. The fraction of sp³-hybridized carbons (Fsp3) is 0.176. The number of Topliss-reactive ketones (excluding diaryl/α,β-unsaturated/α-hetero) is 2. The highest BCUT2D eigenvalue weighted by Gasteiger charge is 2.29. The number of nitrogens with zero attached hydrogens (tertiary/aromatic N) is 2. The van der Waals surface area contributed by atoms with Crippen LogP contribution in [0.15, 0.2) is 97.3 Å². The maximum Gasteiger partial charge on any atom is 0.239 e. The molecular weight excluding hydrogens is 528 g/mol. The number of para-hydroxylation sites is 2. The lowest BCUT2D eigenvalue weighted by atomic mass is 9.89. The summed E-state index contributed by atoms with van der Waals surface area (Å²) in [5.74, 6) is -2.06. The Morgan fingerprint density at radius 2 is 1.36 bits per heavy atom. The molecule has 0 saturated heterocycles. The number of rotatable bonds is 11. The van der Waals surface area contributed by atoms with Crippen molar-refractivity contribution in [3.63, 3.8) is 0 Å². The summed E-state index contributed by atoms with van der Waals surface area (Å²) in [6, 6.07) is 25.3. The molecule has 0 aliphatic carbocycles. The van der Waals surface area contributed by atoms with Crippen LogP contribution in [0.2, 0.25) is 0 Å². The molecule has 0 aliphatic heterocycles. The maximum absolute atomic E-state index is 13.9. The molecule has 3 aromatic carbocycles. The summed E-state index contributed by atoms with van der Waals surface area (Å²) in [6.45, 7) is 1.50. The molecule has 42 heavy (non-hydrogen) atoms. The van der Waals surface area contributed by atoms with Gasteiger partial charge in [-0.1, -0.05) is 54.6 Å². The number of aromatic nitrogens is 2. The molecule has 2 amide bonds. The summed E-state index contributed by atoms with van der Waals surface area (Å²) in [5, 5.41) is 7.51. The third kappa shape index (κ3) is 6.72. The van der Waals surface area contributed by atoms with Gasteiger partial charge in [-0.25, -0.2) is 0 Å². The third-order valence-electron chi connectivity index (χ3n) is 7.02. The molecule has 210 valence electrons. The second-order valence-electron chi connectivity index (χ2n) is 10.2. The lowest BCUT2D eigenvalue weighted by Crippen LogP contribution is -2.29. The molecule has 0 fully saturated rings. The van der Waals surface area contributed by atoms with Crippen molar-refractivity contribution < 1.29 is 19.2 Å². The van der Waals surface area contributed by atoms with Crippen molar-refractivity contribution in [1.29, 1.82) is 0 Å². The van der Waals surface area contributed by atoms with Crippen molar-refractivity contribution in [2.24, 2.45) is 0 Å². The molecule has 1 atom stereocenters. The minimum atomic E-state index is -1.12. The van der Waals surface area contributed by atoms with E-state index in [1.165, 1.54) is 6.92 Å². The SMILES string of the molecule is CC(=O)CCCC(=O)Nc1ccc(C(C(=O)Cc2cccc3cccnc23)C(=O)Nc2cccc3cccnc23)cc1. The lowest BCUT2D eigenvalue weighted by molar-refractivity contribution is -0.127. The van der Waals surface area contributed by atoms with Gasteiger partial charge in [0.1, 0.15) is 11.7 Å². The van der Waals surface area contributed by atoms with Crippen LogP contribution in [0.3, 0.4) is 0 Å². The Bertz CT molecular complexity index is 1680. The second-order valence-corrected chi connectivity index (χ2v) is 10.2. The topological polar surface area (TPSA) is 118 Å². The van der Waals surface area contributed by atoms with Gasteiger partial charge in [0.05, 0.1) is 16.7 Å². The van der Waals surface area contributed by atoms with Crippen LogP contribution in [0.4, 0.5) is 11.4 Å². The van der Waals surface area contributed by atoms with Gasteiger partial charge in [0, 0.05) is 48.1 Å². The van der Waals surface area contributed by atoms with E-state index >= 15 is 0 Å². The van der Waals surface area contributed by atoms with Gasteiger partial charge in [-0.2, -0.15) is 0 Å². The summed E-state index contributed by atoms with van der Waals surface area (Å²) >= 11 is 0. The van der Waals surface area contributed by atoms with Crippen molar-refractivity contribution in [2.75, 3.05) is 10.6 Å². The minimum absolute atomic E-state index is 0.00879. The Balaban J connectivity index is 1.42. The van der Waals surface area contributed by atoms with Crippen LogP contribution in [-0.2, 0) is 25.6 Å². The molecule has 2 N–H and O–H groups in total. The number of carbonyl (C=O) groups is 4. The zero-order valence-electron chi connectivity index (χ0n) is 23.2. The Kier molecular flexibility index (Phi) is 8.72. The van der Waals surface area contributed by atoms with Crippen LogP contribution in [0.5, 0.6) is 0 Å². The minimum Gasteiger partial charge on any atom is -0.326 e. The molecule has 8 nitrogen and oxygen atoms in total. The van der Waals surface area contributed by atoms with Crippen LogP contribution < -0.4 is 10.6 Å². The standard InChI is InChI=1S/C34H30N4O4/c1-22(39)7-2-14-30(41)37-27-17-15-23(16-18-27)31(29(40)21-26-10-3-8-24-11-5-19-35-32(24)26)34(42)38-28-13-4-9-25-12-6-20-36-33(25)28/h3-6,8-13,15-20,31H,2,7,14,21H2,1H3,(H,37,41)(H,38,42). The quantitative estimate of drug-likeness (QED) is 0.192. The molecule has 2 aromatic heterocycles. The monoisotopic (exact) mass is 558 g/mol. The molecule has 0 radical (unpaired) electrons. The van der Waals surface area contributed by atoms with E-state index in [0.717, 1.165) is 16.3 Å². The highest BCUT2D eigenvalue weighted by molar-refractivity contribution is 6.14. The maximum atomic E-state index is 13.9. The number of amides is 2. The second kappa shape index (κ2) is 13.0. The molecule has 2 heterocycles. The fourth-order valence-corrected chi connectivity index (χ4v) is 4.97. The van der Waals surface area contributed by atoms with E-state index in [-0.39, 0.29) is 30.3 Å². The van der Waals surface area contributed by atoms with E-state index in [0.29, 0.717) is 40.8 Å². The zero-order chi connectivity index (χ0) is 29.5. The number of hydrogen-bond donors (Lipinski definition) is 2. The number of benzene rings is 3. The van der Waals surface area contributed by atoms with E-state index in [1.807, 2.05) is 54.6 Å². The molecular formula is C34H30N4O4. The molecule has 0 saturated carbocycles. The van der Waals surface area contributed by atoms with Gasteiger partial charge in [0.2, 0.25) is 11.8 Å². The number of hydrogen-bond acceptors (Lipinski definition) is 6. The molecule has 0 bridgehead atoms. The first-order valence-corrected chi connectivity index (χ1v) is 13.8. The van der Waals surface area contributed by atoms with Gasteiger partial charge >= 0.3 is 0 Å².